The lowest BCUT2D eigenvalue weighted by molar-refractivity contribution is -0.146. The lowest BCUT2D eigenvalue weighted by atomic mass is 10.1. The summed E-state index contributed by atoms with van der Waals surface area (Å²) >= 11 is 5.79. The topological polar surface area (TPSA) is 55.4 Å². The molecule has 2 aromatic rings. The second kappa shape index (κ2) is 7.97. The first-order chi connectivity index (χ1) is 11.3. The van der Waals surface area contributed by atoms with E-state index in [9.17, 15) is 9.59 Å². The number of esters is 1. The minimum absolute atomic E-state index is 0.104. The van der Waals surface area contributed by atoms with Gasteiger partial charge >= 0.3 is 5.97 Å². The minimum atomic E-state index is -0.454. The molecule has 5 heteroatoms. The fraction of sp³-hybridized carbons (Fsp3) is 0.263. The van der Waals surface area contributed by atoms with Gasteiger partial charge in [0, 0.05) is 10.7 Å². The van der Waals surface area contributed by atoms with E-state index in [0.29, 0.717) is 5.02 Å². The third-order valence-corrected chi connectivity index (χ3v) is 3.82. The number of halogens is 1. The van der Waals surface area contributed by atoms with Crippen molar-refractivity contribution in [2.24, 2.45) is 0 Å². The summed E-state index contributed by atoms with van der Waals surface area (Å²) in [6.07, 6.45) is 0.104. The Morgan fingerprint density at radius 2 is 1.62 bits per heavy atom. The molecule has 1 amide bonds. The summed E-state index contributed by atoms with van der Waals surface area (Å²) in [5, 5.41) is 3.41. The van der Waals surface area contributed by atoms with Crippen LogP contribution >= 0.6 is 11.6 Å². The maximum absolute atomic E-state index is 12.0. The van der Waals surface area contributed by atoms with Gasteiger partial charge in [-0.15, -0.1) is 0 Å². The Labute approximate surface area is 146 Å². The van der Waals surface area contributed by atoms with Gasteiger partial charge in [0.1, 0.15) is 0 Å². The maximum Gasteiger partial charge on any atom is 0.310 e. The van der Waals surface area contributed by atoms with Crippen LogP contribution in [0.4, 0.5) is 5.69 Å². The Hall–Kier alpha value is -2.33. The second-order valence-electron chi connectivity index (χ2n) is 5.79. The van der Waals surface area contributed by atoms with E-state index in [1.165, 1.54) is 0 Å². The molecule has 0 saturated heterocycles. The molecular weight excluding hydrogens is 326 g/mol. The van der Waals surface area contributed by atoms with E-state index in [2.05, 4.69) is 5.32 Å². The highest BCUT2D eigenvalue weighted by molar-refractivity contribution is 6.30. The summed E-state index contributed by atoms with van der Waals surface area (Å²) in [4.78, 5) is 23.8. The number of carbonyl (C=O) groups is 2. The van der Waals surface area contributed by atoms with Crippen LogP contribution in [0.15, 0.2) is 36.4 Å². The average Bonchev–Trinajstić information content (AvgIpc) is 2.51. The second-order valence-corrected chi connectivity index (χ2v) is 6.22. The Morgan fingerprint density at radius 3 is 2.21 bits per heavy atom. The number of aryl methyl sites for hydroxylation is 3. The molecule has 0 unspecified atom stereocenters. The first-order valence-corrected chi connectivity index (χ1v) is 8.00. The van der Waals surface area contributed by atoms with Gasteiger partial charge in [-0.3, -0.25) is 9.59 Å². The van der Waals surface area contributed by atoms with Crippen LogP contribution in [0.1, 0.15) is 22.3 Å². The van der Waals surface area contributed by atoms with Crippen LogP contribution in [0.5, 0.6) is 0 Å². The highest BCUT2D eigenvalue weighted by atomic mass is 35.5. The van der Waals surface area contributed by atoms with Crippen LogP contribution < -0.4 is 5.32 Å². The summed E-state index contributed by atoms with van der Waals surface area (Å²) < 4.78 is 5.03. The predicted octanol–water partition coefficient (Wildman–Crippen LogP) is 3.99. The van der Waals surface area contributed by atoms with Gasteiger partial charge in [-0.1, -0.05) is 41.4 Å². The molecule has 2 aromatic carbocycles. The van der Waals surface area contributed by atoms with Gasteiger partial charge in [0.2, 0.25) is 0 Å². The zero-order valence-corrected chi connectivity index (χ0v) is 14.7. The third-order valence-electron chi connectivity index (χ3n) is 3.57. The molecule has 0 aromatic heterocycles. The Kier molecular flexibility index (Phi) is 5.99. The predicted molar refractivity (Wildman–Crippen MR) is 95.4 cm³/mol. The molecule has 0 aliphatic carbocycles. The van der Waals surface area contributed by atoms with E-state index in [0.717, 1.165) is 27.9 Å². The van der Waals surface area contributed by atoms with Crippen molar-refractivity contribution in [3.8, 4) is 0 Å². The van der Waals surface area contributed by atoms with E-state index in [1.54, 1.807) is 24.3 Å². The van der Waals surface area contributed by atoms with Crippen molar-refractivity contribution in [1.29, 1.82) is 0 Å². The summed E-state index contributed by atoms with van der Waals surface area (Å²) in [6.45, 7) is 5.56. The fourth-order valence-corrected chi connectivity index (χ4v) is 2.64. The maximum atomic E-state index is 12.0. The Bertz CT molecular complexity index is 731. The van der Waals surface area contributed by atoms with Gasteiger partial charge in [0.15, 0.2) is 6.61 Å². The van der Waals surface area contributed by atoms with Crippen molar-refractivity contribution < 1.29 is 14.3 Å². The number of hydrogen-bond donors (Lipinski definition) is 1. The normalized spacial score (nSPS) is 10.3. The molecule has 0 bridgehead atoms. The van der Waals surface area contributed by atoms with Crippen LogP contribution in [0.25, 0.3) is 0 Å². The van der Waals surface area contributed by atoms with Crippen LogP contribution in [0.2, 0.25) is 5.02 Å². The lowest BCUT2D eigenvalue weighted by Gasteiger charge is -2.13. The number of hydrogen-bond acceptors (Lipinski definition) is 3. The van der Waals surface area contributed by atoms with Gasteiger partial charge in [-0.05, 0) is 49.6 Å². The standard InChI is InChI=1S/C19H20ClNO3/c1-12-8-13(2)19(14(3)9-12)21-17(22)11-24-18(23)10-15-4-6-16(20)7-5-15/h4-9H,10-11H2,1-3H3,(H,21,22). The van der Waals surface area contributed by atoms with Crippen molar-refractivity contribution in [2.75, 3.05) is 11.9 Å². The summed E-state index contributed by atoms with van der Waals surface area (Å²) in [6, 6.07) is 10.9. The molecule has 24 heavy (non-hydrogen) atoms. The van der Waals surface area contributed by atoms with Crippen molar-refractivity contribution in [2.45, 2.75) is 27.2 Å². The lowest BCUT2D eigenvalue weighted by Crippen LogP contribution is -2.22. The smallest absolute Gasteiger partial charge is 0.310 e. The van der Waals surface area contributed by atoms with Gasteiger partial charge in [-0.25, -0.2) is 0 Å². The van der Waals surface area contributed by atoms with Crippen LogP contribution in [-0.4, -0.2) is 18.5 Å². The Balaban J connectivity index is 1.87. The van der Waals surface area contributed by atoms with Crippen LogP contribution in [0.3, 0.4) is 0 Å². The number of amides is 1. The number of carbonyl (C=O) groups excluding carboxylic acids is 2. The molecule has 0 aliphatic rings. The molecule has 0 spiro atoms. The Morgan fingerprint density at radius 1 is 1.04 bits per heavy atom. The van der Waals surface area contributed by atoms with E-state index in [4.69, 9.17) is 16.3 Å². The SMILES string of the molecule is Cc1cc(C)c(NC(=O)COC(=O)Cc2ccc(Cl)cc2)c(C)c1. The van der Waals surface area contributed by atoms with E-state index in [1.807, 2.05) is 32.9 Å². The highest BCUT2D eigenvalue weighted by Gasteiger charge is 2.11. The van der Waals surface area contributed by atoms with Gasteiger partial charge in [-0.2, -0.15) is 0 Å². The zero-order chi connectivity index (χ0) is 17.7. The van der Waals surface area contributed by atoms with Crippen molar-refractivity contribution in [1.82, 2.24) is 0 Å². The summed E-state index contributed by atoms with van der Waals surface area (Å²) in [5.41, 5.74) is 4.65. The number of ether oxygens (including phenoxy) is 1. The quantitative estimate of drug-likeness (QED) is 0.833. The van der Waals surface area contributed by atoms with E-state index in [-0.39, 0.29) is 18.9 Å². The molecule has 0 aliphatic heterocycles. The number of benzene rings is 2. The van der Waals surface area contributed by atoms with Crippen molar-refractivity contribution in [3.05, 3.63) is 63.7 Å². The molecule has 2 rings (SSSR count). The molecular formula is C19H20ClNO3. The number of rotatable bonds is 5. The minimum Gasteiger partial charge on any atom is -0.455 e. The number of anilines is 1. The fourth-order valence-electron chi connectivity index (χ4n) is 2.52. The first-order valence-electron chi connectivity index (χ1n) is 7.63. The monoisotopic (exact) mass is 345 g/mol. The van der Waals surface area contributed by atoms with Crippen LogP contribution in [-0.2, 0) is 20.7 Å². The molecule has 0 atom stereocenters. The van der Waals surface area contributed by atoms with E-state index >= 15 is 0 Å². The molecule has 0 saturated carbocycles. The third kappa shape index (κ3) is 5.10. The summed E-state index contributed by atoms with van der Waals surface area (Å²) in [5.74, 6) is -0.806. The average molecular weight is 346 g/mol. The van der Waals surface area contributed by atoms with Gasteiger partial charge < -0.3 is 10.1 Å². The largest absolute Gasteiger partial charge is 0.455 e. The van der Waals surface area contributed by atoms with Gasteiger partial charge in [0.05, 0.1) is 6.42 Å². The van der Waals surface area contributed by atoms with E-state index < -0.39 is 5.97 Å². The molecule has 0 radical (unpaired) electrons. The first kappa shape index (κ1) is 18.0. The van der Waals surface area contributed by atoms with Crippen molar-refractivity contribution in [3.63, 3.8) is 0 Å². The van der Waals surface area contributed by atoms with Gasteiger partial charge in [0.25, 0.3) is 5.91 Å². The molecule has 0 heterocycles. The molecule has 0 fully saturated rings. The highest BCUT2D eigenvalue weighted by Crippen LogP contribution is 2.21. The molecule has 126 valence electrons. The van der Waals surface area contributed by atoms with Crippen molar-refractivity contribution >= 4 is 29.2 Å². The molecule has 4 nitrogen and oxygen atoms in total. The number of nitrogens with one attached hydrogen (secondary N) is 1. The summed E-state index contributed by atoms with van der Waals surface area (Å²) in [7, 11) is 0. The molecule has 1 N–H and O–H groups in total. The van der Waals surface area contributed by atoms with Crippen LogP contribution in [0, 0.1) is 20.8 Å². The zero-order valence-electron chi connectivity index (χ0n) is 14.0.